The third-order valence-electron chi connectivity index (χ3n) is 5.28. The third kappa shape index (κ3) is 4.58. The maximum Gasteiger partial charge on any atom is 0.258 e. The molecule has 3 aromatic carbocycles. The molecule has 5 heteroatoms. The fourth-order valence-corrected chi connectivity index (χ4v) is 4.44. The third-order valence-corrected chi connectivity index (χ3v) is 5.87. The Bertz CT molecular complexity index is 1140. The second-order valence-corrected chi connectivity index (χ2v) is 8.42. The average molecular weight is 492 g/mol. The van der Waals surface area contributed by atoms with Gasteiger partial charge in [0.05, 0.1) is 16.8 Å². The van der Waals surface area contributed by atoms with Gasteiger partial charge in [0.1, 0.15) is 6.61 Å². The number of carbonyl (C=O) groups excluding carboxylic acids is 1. The van der Waals surface area contributed by atoms with E-state index in [0.717, 1.165) is 33.3 Å². The van der Waals surface area contributed by atoms with Crippen molar-refractivity contribution in [2.45, 2.75) is 26.9 Å². The van der Waals surface area contributed by atoms with E-state index in [4.69, 9.17) is 9.47 Å². The highest BCUT2D eigenvalue weighted by Gasteiger charge is 2.31. The first kappa shape index (κ1) is 22.2. The molecule has 0 radical (unpaired) electrons. The van der Waals surface area contributed by atoms with E-state index in [2.05, 4.69) is 22.9 Å². The lowest BCUT2D eigenvalue weighted by atomic mass is 10.0. The number of benzene rings is 3. The van der Waals surface area contributed by atoms with Crippen molar-refractivity contribution < 1.29 is 14.3 Å². The van der Waals surface area contributed by atoms with E-state index < -0.39 is 0 Å². The van der Waals surface area contributed by atoms with Crippen molar-refractivity contribution in [3.63, 3.8) is 0 Å². The van der Waals surface area contributed by atoms with Crippen LogP contribution in [0.1, 0.15) is 37.0 Å². The van der Waals surface area contributed by atoms with Crippen molar-refractivity contribution in [2.24, 2.45) is 0 Å². The number of anilines is 1. The van der Waals surface area contributed by atoms with Crippen LogP contribution in [-0.2, 0) is 11.4 Å². The zero-order valence-corrected chi connectivity index (χ0v) is 19.9. The zero-order valence-electron chi connectivity index (χ0n) is 18.3. The van der Waals surface area contributed by atoms with E-state index in [-0.39, 0.29) is 5.91 Å². The van der Waals surface area contributed by atoms with Crippen molar-refractivity contribution in [1.29, 1.82) is 0 Å². The number of fused-ring (bicyclic) bond motifs is 1. The van der Waals surface area contributed by atoms with E-state index in [1.54, 1.807) is 0 Å². The van der Waals surface area contributed by atoms with Crippen LogP contribution in [-0.4, -0.2) is 19.1 Å². The normalized spacial score (nSPS) is 14.0. The van der Waals surface area contributed by atoms with Crippen LogP contribution >= 0.6 is 15.9 Å². The predicted molar refractivity (Wildman–Crippen MR) is 133 cm³/mol. The fraction of sp³-hybridized carbons (Fsp3) is 0.222. The van der Waals surface area contributed by atoms with Gasteiger partial charge in [0.2, 0.25) is 0 Å². The summed E-state index contributed by atoms with van der Waals surface area (Å²) < 4.78 is 12.8. The summed E-state index contributed by atoms with van der Waals surface area (Å²) in [5, 5.41) is 0. The van der Waals surface area contributed by atoms with Crippen LogP contribution in [0.4, 0.5) is 5.69 Å². The summed E-state index contributed by atoms with van der Waals surface area (Å²) in [6, 6.07) is 21.9. The molecule has 0 saturated carbocycles. The van der Waals surface area contributed by atoms with Crippen LogP contribution in [0.5, 0.6) is 11.5 Å². The highest BCUT2D eigenvalue weighted by atomic mass is 79.9. The van der Waals surface area contributed by atoms with Gasteiger partial charge in [0, 0.05) is 17.7 Å². The van der Waals surface area contributed by atoms with Gasteiger partial charge in [-0.15, -0.1) is 0 Å². The van der Waals surface area contributed by atoms with Crippen molar-refractivity contribution in [2.75, 3.05) is 18.1 Å². The standard InChI is InChI=1S/C27H26BrNO3/c1-3-14-29-24-13-9-8-12-21(24)22(27(29)30)15-20-16-23(28)26(25(17-20)31-4-2)32-18-19-10-6-5-7-11-19/h5-13,15-17H,3-4,14,18H2,1-2H3/b22-15-. The number of para-hydroxylation sites is 1. The summed E-state index contributed by atoms with van der Waals surface area (Å²) in [7, 11) is 0. The molecule has 0 unspecified atom stereocenters. The van der Waals surface area contributed by atoms with Gasteiger partial charge in [-0.2, -0.15) is 0 Å². The topological polar surface area (TPSA) is 38.8 Å². The van der Waals surface area contributed by atoms with Gasteiger partial charge in [-0.05, 0) is 64.7 Å². The highest BCUT2D eigenvalue weighted by Crippen LogP contribution is 2.41. The Morgan fingerprint density at radius 2 is 1.72 bits per heavy atom. The molecule has 4 rings (SSSR count). The summed E-state index contributed by atoms with van der Waals surface area (Å²) >= 11 is 3.64. The molecule has 0 saturated heterocycles. The van der Waals surface area contributed by atoms with Gasteiger partial charge in [-0.3, -0.25) is 4.79 Å². The molecule has 0 N–H and O–H groups in total. The Labute approximate surface area is 197 Å². The van der Waals surface area contributed by atoms with E-state index in [0.29, 0.717) is 36.8 Å². The summed E-state index contributed by atoms with van der Waals surface area (Å²) in [4.78, 5) is 15.0. The molecular formula is C27H26BrNO3. The SMILES string of the molecule is CCCN1C(=O)/C(=C\c2cc(Br)c(OCc3ccccc3)c(OCC)c2)c2ccccc21. The molecule has 4 nitrogen and oxygen atoms in total. The van der Waals surface area contributed by atoms with Crippen LogP contribution < -0.4 is 14.4 Å². The summed E-state index contributed by atoms with van der Waals surface area (Å²) in [5.41, 5.74) is 4.59. The maximum absolute atomic E-state index is 13.2. The zero-order chi connectivity index (χ0) is 22.5. The molecule has 0 atom stereocenters. The quantitative estimate of drug-likeness (QED) is 0.328. The first-order valence-corrected chi connectivity index (χ1v) is 11.7. The molecule has 1 amide bonds. The Hall–Kier alpha value is -3.05. The number of halogens is 1. The second-order valence-electron chi connectivity index (χ2n) is 7.57. The van der Waals surface area contributed by atoms with Crippen LogP contribution in [0.2, 0.25) is 0 Å². The van der Waals surface area contributed by atoms with Crippen molar-refractivity contribution in [1.82, 2.24) is 0 Å². The minimum atomic E-state index is 0.0338. The van der Waals surface area contributed by atoms with Crippen LogP contribution in [0.25, 0.3) is 11.6 Å². The first-order valence-electron chi connectivity index (χ1n) is 10.9. The molecule has 32 heavy (non-hydrogen) atoms. The minimum absolute atomic E-state index is 0.0338. The van der Waals surface area contributed by atoms with Crippen molar-refractivity contribution >= 4 is 39.2 Å². The van der Waals surface area contributed by atoms with Crippen molar-refractivity contribution in [3.05, 3.63) is 87.9 Å². The monoisotopic (exact) mass is 491 g/mol. The Morgan fingerprint density at radius 1 is 0.969 bits per heavy atom. The lowest BCUT2D eigenvalue weighted by Gasteiger charge is -2.16. The number of rotatable bonds is 8. The molecule has 1 heterocycles. The van der Waals surface area contributed by atoms with Crippen LogP contribution in [0, 0.1) is 0 Å². The lowest BCUT2D eigenvalue weighted by Crippen LogP contribution is -2.26. The second kappa shape index (κ2) is 10.0. The van der Waals surface area contributed by atoms with Gasteiger partial charge >= 0.3 is 0 Å². The molecular weight excluding hydrogens is 466 g/mol. The van der Waals surface area contributed by atoms with E-state index in [9.17, 15) is 4.79 Å². The Morgan fingerprint density at radius 3 is 2.47 bits per heavy atom. The van der Waals surface area contributed by atoms with Gasteiger partial charge < -0.3 is 14.4 Å². The summed E-state index contributed by atoms with van der Waals surface area (Å²) in [6.07, 6.45) is 2.84. The van der Waals surface area contributed by atoms with E-state index >= 15 is 0 Å². The molecule has 0 fully saturated rings. The fourth-order valence-electron chi connectivity index (χ4n) is 3.86. The highest BCUT2D eigenvalue weighted by molar-refractivity contribution is 9.10. The number of ether oxygens (including phenoxy) is 2. The van der Waals surface area contributed by atoms with Crippen LogP contribution in [0.3, 0.4) is 0 Å². The van der Waals surface area contributed by atoms with Crippen molar-refractivity contribution in [3.8, 4) is 11.5 Å². The van der Waals surface area contributed by atoms with E-state index in [1.807, 2.05) is 84.6 Å². The number of hydrogen-bond donors (Lipinski definition) is 0. The van der Waals surface area contributed by atoms with Gasteiger partial charge in [0.15, 0.2) is 11.5 Å². The molecule has 0 aliphatic carbocycles. The number of nitrogens with zero attached hydrogens (tertiary/aromatic N) is 1. The van der Waals surface area contributed by atoms with Crippen LogP contribution in [0.15, 0.2) is 71.2 Å². The average Bonchev–Trinajstić information content (AvgIpc) is 3.06. The smallest absolute Gasteiger partial charge is 0.258 e. The number of hydrogen-bond acceptors (Lipinski definition) is 3. The molecule has 3 aromatic rings. The maximum atomic E-state index is 13.2. The Balaban J connectivity index is 1.68. The number of amides is 1. The van der Waals surface area contributed by atoms with Gasteiger partial charge in [-0.1, -0.05) is 55.5 Å². The van der Waals surface area contributed by atoms with E-state index in [1.165, 1.54) is 0 Å². The first-order chi connectivity index (χ1) is 15.6. The molecule has 0 aromatic heterocycles. The molecule has 1 aliphatic rings. The van der Waals surface area contributed by atoms with Gasteiger partial charge in [0.25, 0.3) is 5.91 Å². The molecule has 0 bridgehead atoms. The number of carbonyl (C=O) groups is 1. The largest absolute Gasteiger partial charge is 0.490 e. The molecule has 164 valence electrons. The Kier molecular flexibility index (Phi) is 6.96. The summed E-state index contributed by atoms with van der Waals surface area (Å²) in [6.45, 7) is 5.68. The molecule has 0 spiro atoms. The van der Waals surface area contributed by atoms with Gasteiger partial charge in [-0.25, -0.2) is 0 Å². The minimum Gasteiger partial charge on any atom is -0.490 e. The summed E-state index contributed by atoms with van der Waals surface area (Å²) in [5.74, 6) is 1.34. The molecule has 1 aliphatic heterocycles. The predicted octanol–water partition coefficient (Wildman–Crippen LogP) is 6.72. The lowest BCUT2D eigenvalue weighted by molar-refractivity contribution is -0.113.